The van der Waals surface area contributed by atoms with Crippen LogP contribution < -0.4 is 0 Å². The molecule has 0 amide bonds. The van der Waals surface area contributed by atoms with Gasteiger partial charge in [0.1, 0.15) is 6.10 Å². The van der Waals surface area contributed by atoms with E-state index in [-0.39, 0.29) is 39.1 Å². The first-order valence-electron chi connectivity index (χ1n) is 14.5. The lowest BCUT2D eigenvalue weighted by Gasteiger charge is -2.70. The van der Waals surface area contributed by atoms with Gasteiger partial charge >= 0.3 is 5.97 Å². The average Bonchev–Trinajstić information content (AvgIpc) is 2.78. The van der Waals surface area contributed by atoms with E-state index in [1.54, 1.807) is 23.6 Å². The van der Waals surface area contributed by atoms with Gasteiger partial charge in [0.25, 0.3) is 0 Å². The van der Waals surface area contributed by atoms with Gasteiger partial charge < -0.3 is 9.84 Å². The molecule has 1 N–H and O–H groups in total. The second kappa shape index (κ2) is 7.95. The number of carbonyl (C=O) groups is 1. The van der Waals surface area contributed by atoms with E-state index in [1.807, 2.05) is 0 Å². The van der Waals surface area contributed by atoms with Crippen molar-refractivity contribution in [1.29, 1.82) is 0 Å². The number of allylic oxidation sites excluding steroid dienone is 3. The van der Waals surface area contributed by atoms with E-state index in [4.69, 9.17) is 4.74 Å². The molecule has 0 bridgehead atoms. The van der Waals surface area contributed by atoms with E-state index in [0.717, 1.165) is 32.1 Å². The summed E-state index contributed by atoms with van der Waals surface area (Å²) < 4.78 is 5.89. The highest BCUT2D eigenvalue weighted by Gasteiger charge is 2.67. The predicted molar refractivity (Wildman–Crippen MR) is 142 cm³/mol. The van der Waals surface area contributed by atoms with Crippen molar-refractivity contribution in [3.05, 3.63) is 22.8 Å². The van der Waals surface area contributed by atoms with Gasteiger partial charge in [-0.15, -0.1) is 0 Å². The Bertz CT molecular complexity index is 973. The van der Waals surface area contributed by atoms with Crippen molar-refractivity contribution >= 4 is 5.97 Å². The second-order valence-corrected chi connectivity index (χ2v) is 14.6. The van der Waals surface area contributed by atoms with Crippen LogP contribution in [0.3, 0.4) is 0 Å². The molecule has 0 aliphatic heterocycles. The number of ether oxygens (including phenoxy) is 1. The SMILES string of the molecule is CC(=O)O[C@H]1CC[C@]2(C)[C@H]3CC=C4C5=C(C)[C@@H](C)CC[C@]5(CO)CC[C@@]4(C)[C@]3(C)CC[C@H]2C1(C)C. The van der Waals surface area contributed by atoms with Gasteiger partial charge in [0.15, 0.2) is 0 Å². The van der Waals surface area contributed by atoms with Crippen LogP contribution in [-0.2, 0) is 9.53 Å². The van der Waals surface area contributed by atoms with E-state index >= 15 is 0 Å². The maximum atomic E-state index is 11.9. The molecular weight excluding hydrogens is 432 g/mol. The molecule has 0 unspecified atom stereocenters. The van der Waals surface area contributed by atoms with Crippen LogP contribution in [0.4, 0.5) is 0 Å². The molecule has 8 atom stereocenters. The fraction of sp³-hybridized carbons (Fsp3) is 0.844. The third-order valence-electron chi connectivity index (χ3n) is 13.1. The van der Waals surface area contributed by atoms with Crippen molar-refractivity contribution in [3.63, 3.8) is 0 Å². The number of esters is 1. The van der Waals surface area contributed by atoms with E-state index in [1.165, 1.54) is 25.7 Å². The Morgan fingerprint density at radius 1 is 1.00 bits per heavy atom. The van der Waals surface area contributed by atoms with Crippen molar-refractivity contribution in [2.75, 3.05) is 6.61 Å². The monoisotopic (exact) mass is 482 g/mol. The first-order valence-corrected chi connectivity index (χ1v) is 14.5. The predicted octanol–water partition coefficient (Wildman–Crippen LogP) is 7.63. The Morgan fingerprint density at radius 3 is 2.37 bits per heavy atom. The average molecular weight is 483 g/mol. The number of rotatable bonds is 2. The lowest BCUT2D eigenvalue weighted by Crippen LogP contribution is -2.64. The van der Waals surface area contributed by atoms with Crippen LogP contribution in [0.2, 0.25) is 0 Å². The van der Waals surface area contributed by atoms with Gasteiger partial charge in [-0.3, -0.25) is 4.79 Å². The fourth-order valence-electron chi connectivity index (χ4n) is 10.7. The molecule has 35 heavy (non-hydrogen) atoms. The Labute approximate surface area is 214 Å². The smallest absolute Gasteiger partial charge is 0.302 e. The summed E-state index contributed by atoms with van der Waals surface area (Å²) in [7, 11) is 0. The standard InChI is InChI=1S/C32H50O3/c1-20-11-16-32(19-33)18-17-30(7)23(27(32)21(20)2)9-10-25-29(6)14-13-26(35-22(3)34)28(4,5)24(29)12-15-31(25,30)8/h9,20,24-26,33H,10-19H2,1-8H3/t20-,24-,25+,26-,29-,30+,31+,32+/m0/s1. The van der Waals surface area contributed by atoms with Crippen LogP contribution in [0, 0.1) is 44.8 Å². The summed E-state index contributed by atoms with van der Waals surface area (Å²) in [5.41, 5.74) is 5.36. The zero-order valence-corrected chi connectivity index (χ0v) is 23.7. The second-order valence-electron chi connectivity index (χ2n) is 14.6. The minimum Gasteiger partial charge on any atom is -0.462 e. The van der Waals surface area contributed by atoms with Crippen molar-refractivity contribution in [2.45, 2.75) is 119 Å². The molecule has 3 fully saturated rings. The van der Waals surface area contributed by atoms with E-state index in [2.05, 4.69) is 54.5 Å². The third-order valence-corrected chi connectivity index (χ3v) is 13.1. The first-order chi connectivity index (χ1) is 16.3. The Balaban J connectivity index is 1.58. The maximum absolute atomic E-state index is 11.9. The van der Waals surface area contributed by atoms with Gasteiger partial charge in [-0.1, -0.05) is 53.2 Å². The molecule has 0 aromatic heterocycles. The lowest BCUT2D eigenvalue weighted by atomic mass is 9.34. The van der Waals surface area contributed by atoms with Crippen LogP contribution in [0.15, 0.2) is 22.8 Å². The number of carbonyl (C=O) groups excluding carboxylic acids is 1. The Morgan fingerprint density at radius 2 is 1.71 bits per heavy atom. The van der Waals surface area contributed by atoms with Crippen LogP contribution in [-0.4, -0.2) is 23.8 Å². The van der Waals surface area contributed by atoms with Gasteiger partial charge in [-0.05, 0) is 110 Å². The molecule has 5 rings (SSSR count). The number of hydrogen-bond donors (Lipinski definition) is 1. The van der Waals surface area contributed by atoms with Gasteiger partial charge in [0, 0.05) is 17.8 Å². The Kier molecular flexibility index (Phi) is 5.81. The van der Waals surface area contributed by atoms with E-state index in [0.29, 0.717) is 24.4 Å². The molecule has 0 heterocycles. The molecule has 5 aliphatic carbocycles. The van der Waals surface area contributed by atoms with Gasteiger partial charge in [-0.2, -0.15) is 0 Å². The normalized spacial score (nSPS) is 48.7. The summed E-state index contributed by atoms with van der Waals surface area (Å²) in [5, 5.41) is 10.7. The fourth-order valence-corrected chi connectivity index (χ4v) is 10.7. The topological polar surface area (TPSA) is 46.5 Å². The molecule has 0 saturated heterocycles. The van der Waals surface area contributed by atoms with Crippen molar-refractivity contribution in [1.82, 2.24) is 0 Å². The van der Waals surface area contributed by atoms with Crippen LogP contribution in [0.5, 0.6) is 0 Å². The van der Waals surface area contributed by atoms with E-state index in [9.17, 15) is 9.90 Å². The highest BCUT2D eigenvalue weighted by atomic mass is 16.5. The lowest BCUT2D eigenvalue weighted by molar-refractivity contribution is -0.208. The molecule has 3 saturated carbocycles. The van der Waals surface area contributed by atoms with Crippen molar-refractivity contribution in [3.8, 4) is 0 Å². The summed E-state index contributed by atoms with van der Waals surface area (Å²) >= 11 is 0. The van der Waals surface area contributed by atoms with Gasteiger partial charge in [0.2, 0.25) is 0 Å². The maximum Gasteiger partial charge on any atom is 0.302 e. The molecule has 5 aliphatic rings. The minimum absolute atomic E-state index is 0.00141. The van der Waals surface area contributed by atoms with E-state index < -0.39 is 0 Å². The quantitative estimate of drug-likeness (QED) is 0.412. The summed E-state index contributed by atoms with van der Waals surface area (Å²) in [5.74, 6) is 1.69. The highest BCUT2D eigenvalue weighted by molar-refractivity contribution is 5.66. The molecule has 3 heteroatoms. The van der Waals surface area contributed by atoms with Gasteiger partial charge in [0.05, 0.1) is 6.61 Å². The zero-order valence-electron chi connectivity index (χ0n) is 23.7. The molecule has 0 radical (unpaired) electrons. The molecule has 0 aromatic carbocycles. The van der Waals surface area contributed by atoms with Crippen LogP contribution >= 0.6 is 0 Å². The minimum atomic E-state index is -0.134. The molecule has 0 spiro atoms. The van der Waals surface area contributed by atoms with Crippen molar-refractivity contribution in [2.24, 2.45) is 44.8 Å². The third kappa shape index (κ3) is 3.21. The number of aliphatic hydroxyl groups excluding tert-OH is 1. The summed E-state index contributed by atoms with van der Waals surface area (Å²) in [6, 6.07) is 0. The largest absolute Gasteiger partial charge is 0.462 e. The number of aliphatic hydroxyl groups is 1. The van der Waals surface area contributed by atoms with Crippen LogP contribution in [0.25, 0.3) is 0 Å². The Hall–Kier alpha value is -1.09. The zero-order chi connectivity index (χ0) is 25.6. The number of hydrogen-bond acceptors (Lipinski definition) is 3. The summed E-state index contributed by atoms with van der Waals surface area (Å²) in [6.45, 7) is 19.1. The molecular formula is C32H50O3. The van der Waals surface area contributed by atoms with Crippen LogP contribution in [0.1, 0.15) is 113 Å². The van der Waals surface area contributed by atoms with Crippen molar-refractivity contribution < 1.29 is 14.6 Å². The summed E-state index contributed by atoms with van der Waals surface area (Å²) in [6.07, 6.45) is 13.1. The first kappa shape index (κ1) is 25.6. The molecule has 196 valence electrons. The molecule has 3 nitrogen and oxygen atoms in total. The van der Waals surface area contributed by atoms with Gasteiger partial charge in [-0.25, -0.2) is 0 Å². The molecule has 0 aromatic rings. The number of fused-ring (bicyclic) bond motifs is 7. The summed E-state index contributed by atoms with van der Waals surface area (Å²) in [4.78, 5) is 11.9. The highest BCUT2D eigenvalue weighted by Crippen LogP contribution is 2.75.